The molecule has 0 spiro atoms. The van der Waals surface area contributed by atoms with Crippen LogP contribution < -0.4 is 5.32 Å². The molecule has 1 aliphatic heterocycles. The zero-order chi connectivity index (χ0) is 12.8. The third kappa shape index (κ3) is 4.27. The quantitative estimate of drug-likeness (QED) is 0.878. The van der Waals surface area contributed by atoms with Crippen LogP contribution in [-0.2, 0) is 0 Å². The van der Waals surface area contributed by atoms with E-state index in [1.54, 1.807) is 0 Å². The van der Waals surface area contributed by atoms with E-state index < -0.39 is 0 Å². The van der Waals surface area contributed by atoms with Gasteiger partial charge in [0.15, 0.2) is 0 Å². The Balaban J connectivity index is 1.70. The van der Waals surface area contributed by atoms with E-state index in [-0.39, 0.29) is 0 Å². The van der Waals surface area contributed by atoms with Crippen LogP contribution in [0.25, 0.3) is 0 Å². The van der Waals surface area contributed by atoms with Crippen molar-refractivity contribution in [1.29, 1.82) is 0 Å². The molecule has 100 valence electrons. The number of piperidine rings is 1. The number of nitrogens with one attached hydrogen (secondary N) is 1. The number of rotatable bonds is 5. The van der Waals surface area contributed by atoms with Crippen molar-refractivity contribution in [3.05, 3.63) is 34.9 Å². The molecule has 2 nitrogen and oxygen atoms in total. The van der Waals surface area contributed by atoms with Crippen LogP contribution >= 0.6 is 11.6 Å². The van der Waals surface area contributed by atoms with Crippen molar-refractivity contribution in [1.82, 2.24) is 10.2 Å². The summed E-state index contributed by atoms with van der Waals surface area (Å²) in [5, 5.41) is 4.39. The number of hydrogen-bond donors (Lipinski definition) is 1. The fourth-order valence-electron chi connectivity index (χ4n) is 2.49. The molecule has 3 heteroatoms. The van der Waals surface area contributed by atoms with Crippen LogP contribution in [-0.4, -0.2) is 31.1 Å². The Morgan fingerprint density at radius 1 is 1.17 bits per heavy atom. The van der Waals surface area contributed by atoms with Crippen molar-refractivity contribution in [2.75, 3.05) is 26.2 Å². The first-order valence-electron chi connectivity index (χ1n) is 6.97. The number of benzene rings is 1. The summed E-state index contributed by atoms with van der Waals surface area (Å²) < 4.78 is 0. The number of hydrogen-bond acceptors (Lipinski definition) is 2. The third-order valence-electron chi connectivity index (χ3n) is 3.70. The summed E-state index contributed by atoms with van der Waals surface area (Å²) >= 11 is 5.90. The summed E-state index contributed by atoms with van der Waals surface area (Å²) in [7, 11) is 0. The van der Waals surface area contributed by atoms with E-state index in [4.69, 9.17) is 11.6 Å². The predicted octanol–water partition coefficient (Wildman–Crippen LogP) is 3.48. The Morgan fingerprint density at radius 3 is 2.50 bits per heavy atom. The smallest absolute Gasteiger partial charge is 0.0406 e. The lowest BCUT2D eigenvalue weighted by molar-refractivity contribution is 0.227. The highest BCUT2D eigenvalue weighted by molar-refractivity contribution is 6.30. The van der Waals surface area contributed by atoms with Crippen molar-refractivity contribution in [3.8, 4) is 0 Å². The molecule has 1 aliphatic rings. The highest BCUT2D eigenvalue weighted by Crippen LogP contribution is 2.15. The van der Waals surface area contributed by atoms with Gasteiger partial charge in [-0.25, -0.2) is 0 Å². The number of nitrogens with zero attached hydrogens (tertiary/aromatic N) is 1. The third-order valence-corrected chi connectivity index (χ3v) is 3.95. The van der Waals surface area contributed by atoms with Gasteiger partial charge in [-0.1, -0.05) is 30.2 Å². The molecular weight excluding hydrogens is 244 g/mol. The van der Waals surface area contributed by atoms with E-state index in [0.29, 0.717) is 6.04 Å². The fourth-order valence-corrected chi connectivity index (χ4v) is 2.62. The molecule has 1 fully saturated rings. The zero-order valence-electron chi connectivity index (χ0n) is 11.2. The number of halogens is 1. The van der Waals surface area contributed by atoms with Crippen molar-refractivity contribution in [2.45, 2.75) is 32.2 Å². The SMILES string of the molecule is CC(NCCN1CCCCC1)c1ccc(Cl)cc1. The first-order chi connectivity index (χ1) is 8.75. The van der Waals surface area contributed by atoms with E-state index in [1.165, 1.54) is 37.9 Å². The first-order valence-corrected chi connectivity index (χ1v) is 7.35. The second-order valence-corrected chi connectivity index (χ2v) is 5.57. The maximum absolute atomic E-state index is 5.90. The fraction of sp³-hybridized carbons (Fsp3) is 0.600. The second-order valence-electron chi connectivity index (χ2n) is 5.13. The number of likely N-dealkylation sites (tertiary alicyclic amines) is 1. The largest absolute Gasteiger partial charge is 0.309 e. The molecule has 1 heterocycles. The molecule has 1 atom stereocenters. The summed E-state index contributed by atoms with van der Waals surface area (Å²) in [6.07, 6.45) is 4.14. The minimum absolute atomic E-state index is 0.395. The summed E-state index contributed by atoms with van der Waals surface area (Å²) in [6.45, 7) is 6.98. The average molecular weight is 267 g/mol. The summed E-state index contributed by atoms with van der Waals surface area (Å²) in [6, 6.07) is 8.51. The van der Waals surface area contributed by atoms with E-state index >= 15 is 0 Å². The van der Waals surface area contributed by atoms with E-state index in [2.05, 4.69) is 29.3 Å². The molecule has 0 aromatic heterocycles. The molecule has 1 N–H and O–H groups in total. The minimum atomic E-state index is 0.395. The molecule has 1 aromatic carbocycles. The Kier molecular flexibility index (Phi) is 5.48. The molecule has 0 saturated carbocycles. The van der Waals surface area contributed by atoms with Crippen molar-refractivity contribution >= 4 is 11.6 Å². The highest BCUT2D eigenvalue weighted by Gasteiger charge is 2.10. The Morgan fingerprint density at radius 2 is 1.83 bits per heavy atom. The zero-order valence-corrected chi connectivity index (χ0v) is 11.9. The normalized spacial score (nSPS) is 18.8. The van der Waals surface area contributed by atoms with Gasteiger partial charge in [0.05, 0.1) is 0 Å². The van der Waals surface area contributed by atoms with Gasteiger partial charge in [0.2, 0.25) is 0 Å². The second kappa shape index (κ2) is 7.13. The van der Waals surface area contributed by atoms with Crippen molar-refractivity contribution in [3.63, 3.8) is 0 Å². The lowest BCUT2D eigenvalue weighted by Crippen LogP contribution is -2.36. The molecule has 0 aliphatic carbocycles. The van der Waals surface area contributed by atoms with Crippen LogP contribution in [0.1, 0.15) is 37.8 Å². The molecule has 0 radical (unpaired) electrons. The van der Waals surface area contributed by atoms with Crippen molar-refractivity contribution < 1.29 is 0 Å². The minimum Gasteiger partial charge on any atom is -0.309 e. The lowest BCUT2D eigenvalue weighted by Gasteiger charge is -2.27. The van der Waals surface area contributed by atoms with Gasteiger partial charge >= 0.3 is 0 Å². The molecule has 18 heavy (non-hydrogen) atoms. The van der Waals surface area contributed by atoms with Gasteiger partial charge in [0.1, 0.15) is 0 Å². The van der Waals surface area contributed by atoms with Crippen LogP contribution in [0.4, 0.5) is 0 Å². The average Bonchev–Trinajstić information content (AvgIpc) is 2.40. The molecule has 2 rings (SSSR count). The van der Waals surface area contributed by atoms with Gasteiger partial charge in [-0.2, -0.15) is 0 Å². The van der Waals surface area contributed by atoms with Gasteiger partial charge in [0, 0.05) is 24.2 Å². The van der Waals surface area contributed by atoms with Crippen LogP contribution in [0.15, 0.2) is 24.3 Å². The van der Waals surface area contributed by atoms with Gasteiger partial charge < -0.3 is 10.2 Å². The summed E-state index contributed by atoms with van der Waals surface area (Å²) in [5.74, 6) is 0. The van der Waals surface area contributed by atoms with Crippen LogP contribution in [0.2, 0.25) is 5.02 Å². The van der Waals surface area contributed by atoms with Gasteiger partial charge in [-0.3, -0.25) is 0 Å². The Hall–Kier alpha value is -0.570. The maximum atomic E-state index is 5.90. The Labute approximate surface area is 115 Å². The maximum Gasteiger partial charge on any atom is 0.0406 e. The predicted molar refractivity (Wildman–Crippen MR) is 78.2 cm³/mol. The highest BCUT2D eigenvalue weighted by atomic mass is 35.5. The standard InChI is InChI=1S/C15H23ClN2/c1-13(14-5-7-15(16)8-6-14)17-9-12-18-10-3-2-4-11-18/h5-8,13,17H,2-4,9-12H2,1H3. The van der Waals surface area contributed by atoms with E-state index in [0.717, 1.165) is 18.1 Å². The van der Waals surface area contributed by atoms with Gasteiger partial charge in [-0.05, 0) is 50.6 Å². The lowest BCUT2D eigenvalue weighted by atomic mass is 10.1. The van der Waals surface area contributed by atoms with E-state index in [9.17, 15) is 0 Å². The summed E-state index contributed by atoms with van der Waals surface area (Å²) in [5.41, 5.74) is 1.30. The van der Waals surface area contributed by atoms with E-state index in [1.807, 2.05) is 12.1 Å². The van der Waals surface area contributed by atoms with Gasteiger partial charge in [-0.15, -0.1) is 0 Å². The van der Waals surface area contributed by atoms with Crippen LogP contribution in [0.5, 0.6) is 0 Å². The molecule has 1 saturated heterocycles. The molecule has 0 amide bonds. The monoisotopic (exact) mass is 266 g/mol. The topological polar surface area (TPSA) is 15.3 Å². The Bertz CT molecular complexity index is 344. The molecule has 1 aromatic rings. The van der Waals surface area contributed by atoms with Crippen molar-refractivity contribution in [2.24, 2.45) is 0 Å². The summed E-state index contributed by atoms with van der Waals surface area (Å²) in [4.78, 5) is 2.56. The molecule has 0 bridgehead atoms. The molecule has 1 unspecified atom stereocenters. The van der Waals surface area contributed by atoms with Crippen LogP contribution in [0, 0.1) is 0 Å². The molecular formula is C15H23ClN2. The van der Waals surface area contributed by atoms with Gasteiger partial charge in [0.25, 0.3) is 0 Å². The van der Waals surface area contributed by atoms with Crippen LogP contribution in [0.3, 0.4) is 0 Å². The first kappa shape index (κ1) is 13.9.